The molecular formula is C33H38O3. The highest BCUT2D eigenvalue weighted by atomic mass is 16.3. The lowest BCUT2D eigenvalue weighted by Gasteiger charge is -2.35. The first kappa shape index (κ1) is 23.6. The van der Waals surface area contributed by atoms with Gasteiger partial charge in [0, 0.05) is 33.1 Å². The quantitative estimate of drug-likeness (QED) is 0.309. The average Bonchev–Trinajstić information content (AvgIpc) is 3.47. The summed E-state index contributed by atoms with van der Waals surface area (Å²) in [6.07, 6.45) is 2.17. The summed E-state index contributed by atoms with van der Waals surface area (Å²) in [5, 5.41) is 13.0. The molecule has 0 saturated heterocycles. The number of aryl methyl sites for hydroxylation is 2. The zero-order chi connectivity index (χ0) is 25.7. The molecule has 4 aromatic rings. The van der Waals surface area contributed by atoms with Gasteiger partial charge in [0.05, 0.1) is 6.61 Å². The van der Waals surface area contributed by atoms with E-state index in [2.05, 4.69) is 78.8 Å². The van der Waals surface area contributed by atoms with Crippen molar-refractivity contribution in [3.8, 4) is 22.6 Å². The van der Waals surface area contributed by atoms with Crippen molar-refractivity contribution in [2.75, 3.05) is 0 Å². The molecule has 0 aliphatic heterocycles. The summed E-state index contributed by atoms with van der Waals surface area (Å²) in [5.74, 6) is 5.00. The monoisotopic (exact) mass is 482 g/mol. The normalized spacial score (nSPS) is 16.6. The number of aliphatic hydroxyl groups excluding tert-OH is 1. The van der Waals surface area contributed by atoms with Crippen LogP contribution < -0.4 is 0 Å². The predicted octanol–water partition coefficient (Wildman–Crippen LogP) is 8.80. The summed E-state index contributed by atoms with van der Waals surface area (Å²) in [6, 6.07) is 11.5. The minimum Gasteiger partial charge on any atom is -0.461 e. The van der Waals surface area contributed by atoms with Crippen molar-refractivity contribution < 1.29 is 13.9 Å². The third-order valence-corrected chi connectivity index (χ3v) is 8.59. The molecule has 0 fully saturated rings. The molecule has 1 N–H and O–H groups in total. The molecule has 0 unspecified atom stereocenters. The van der Waals surface area contributed by atoms with Gasteiger partial charge >= 0.3 is 0 Å². The molecular weight excluding hydrogens is 444 g/mol. The Balaban J connectivity index is 1.70. The Hall–Kier alpha value is -2.78. The van der Waals surface area contributed by atoms with Crippen LogP contribution in [0, 0.1) is 25.7 Å². The Bertz CT molecular complexity index is 1510. The summed E-state index contributed by atoms with van der Waals surface area (Å²) in [7, 11) is 0. The Morgan fingerprint density at radius 1 is 0.750 bits per heavy atom. The van der Waals surface area contributed by atoms with Crippen molar-refractivity contribution in [3.05, 3.63) is 69.7 Å². The van der Waals surface area contributed by atoms with Gasteiger partial charge in [0.15, 0.2) is 0 Å². The number of hydrogen-bond acceptors (Lipinski definition) is 3. The van der Waals surface area contributed by atoms with Crippen LogP contribution in [0.1, 0.15) is 93.7 Å². The molecule has 188 valence electrons. The number of rotatable bonds is 5. The lowest BCUT2D eigenvalue weighted by molar-refractivity contribution is 0.281. The van der Waals surface area contributed by atoms with Crippen molar-refractivity contribution >= 4 is 10.8 Å². The maximum atomic E-state index is 10.7. The Labute approximate surface area is 214 Å². The summed E-state index contributed by atoms with van der Waals surface area (Å²) in [5.41, 5.74) is 8.17. The van der Waals surface area contributed by atoms with E-state index in [9.17, 15) is 5.11 Å². The van der Waals surface area contributed by atoms with E-state index in [0.717, 1.165) is 52.4 Å². The molecule has 2 aliphatic carbocycles. The number of benzene rings is 2. The lowest BCUT2D eigenvalue weighted by atomic mass is 9.68. The van der Waals surface area contributed by atoms with Crippen LogP contribution >= 0.6 is 0 Å². The molecule has 0 saturated carbocycles. The van der Waals surface area contributed by atoms with Crippen molar-refractivity contribution in [1.29, 1.82) is 0 Å². The van der Waals surface area contributed by atoms with Gasteiger partial charge in [0.2, 0.25) is 0 Å². The first-order valence-electron chi connectivity index (χ1n) is 13.5. The smallest absolute Gasteiger partial charge is 0.138 e. The molecule has 0 radical (unpaired) electrons. The van der Waals surface area contributed by atoms with Crippen molar-refractivity contribution in [2.45, 2.75) is 85.7 Å². The van der Waals surface area contributed by atoms with Crippen LogP contribution in [0.3, 0.4) is 0 Å². The predicted molar refractivity (Wildman–Crippen MR) is 147 cm³/mol. The second kappa shape index (κ2) is 7.61. The lowest BCUT2D eigenvalue weighted by Crippen LogP contribution is -2.29. The van der Waals surface area contributed by atoms with Gasteiger partial charge in [-0.2, -0.15) is 0 Å². The van der Waals surface area contributed by atoms with Crippen LogP contribution in [0.15, 0.2) is 39.2 Å². The molecule has 2 aliphatic rings. The van der Waals surface area contributed by atoms with E-state index in [4.69, 9.17) is 8.83 Å². The number of furan rings is 2. The Kier molecular flexibility index (Phi) is 4.99. The van der Waals surface area contributed by atoms with Crippen LogP contribution in [0.25, 0.3) is 33.4 Å². The van der Waals surface area contributed by atoms with E-state index in [0.29, 0.717) is 11.8 Å². The fraction of sp³-hybridized carbons (Fsp3) is 0.455. The van der Waals surface area contributed by atoms with Crippen LogP contribution in [0.4, 0.5) is 0 Å². The minimum absolute atomic E-state index is 0.00167. The fourth-order valence-electron chi connectivity index (χ4n) is 7.61. The van der Waals surface area contributed by atoms with Crippen molar-refractivity contribution in [3.63, 3.8) is 0 Å². The van der Waals surface area contributed by atoms with Gasteiger partial charge < -0.3 is 13.9 Å². The van der Waals surface area contributed by atoms with Gasteiger partial charge in [-0.3, -0.25) is 0 Å². The Morgan fingerprint density at radius 2 is 1.33 bits per heavy atom. The fourth-order valence-corrected chi connectivity index (χ4v) is 7.61. The second-order valence-electron chi connectivity index (χ2n) is 12.7. The SMILES string of the molecule is Cc1cc2c(o1)-c1cc3cc4c(cc3c(CO)c1C2(C)C)-c1oc(C)cc1C4(CC(C)C)CC(C)C. The zero-order valence-corrected chi connectivity index (χ0v) is 22.9. The average molecular weight is 483 g/mol. The molecule has 2 aromatic carbocycles. The standard InChI is InChI=1S/C33H38O3/c1-17(2)14-33(15-18(3)4)26-12-21-11-24-29(32(7,8)27-9-19(5)36-31(24)27)25(16-34)22(21)13-23(26)30-28(33)10-20(6)35-30/h9-13,17-18,34H,14-16H2,1-8H3. The summed E-state index contributed by atoms with van der Waals surface area (Å²) in [4.78, 5) is 0. The number of hydrogen-bond donors (Lipinski definition) is 1. The van der Waals surface area contributed by atoms with Gasteiger partial charge in [0.1, 0.15) is 23.0 Å². The summed E-state index contributed by atoms with van der Waals surface area (Å²) < 4.78 is 12.6. The summed E-state index contributed by atoms with van der Waals surface area (Å²) >= 11 is 0. The maximum Gasteiger partial charge on any atom is 0.138 e. The Morgan fingerprint density at radius 3 is 1.92 bits per heavy atom. The van der Waals surface area contributed by atoms with E-state index < -0.39 is 0 Å². The largest absolute Gasteiger partial charge is 0.461 e. The topological polar surface area (TPSA) is 46.5 Å². The van der Waals surface area contributed by atoms with Crippen molar-refractivity contribution in [1.82, 2.24) is 0 Å². The van der Waals surface area contributed by atoms with Gasteiger partial charge in [-0.15, -0.1) is 0 Å². The molecule has 0 amide bonds. The molecule has 0 bridgehead atoms. The third-order valence-electron chi connectivity index (χ3n) is 8.59. The number of aliphatic hydroxyl groups is 1. The highest BCUT2D eigenvalue weighted by Crippen LogP contribution is 2.58. The van der Waals surface area contributed by atoms with Gasteiger partial charge in [0.25, 0.3) is 0 Å². The van der Waals surface area contributed by atoms with Crippen LogP contribution in [-0.4, -0.2) is 5.11 Å². The minimum atomic E-state index is -0.223. The maximum absolute atomic E-state index is 10.7. The molecule has 0 spiro atoms. The van der Waals surface area contributed by atoms with Crippen LogP contribution in [0.5, 0.6) is 0 Å². The molecule has 36 heavy (non-hydrogen) atoms. The highest BCUT2D eigenvalue weighted by molar-refractivity contribution is 5.99. The van der Waals surface area contributed by atoms with Gasteiger partial charge in [-0.25, -0.2) is 0 Å². The first-order chi connectivity index (χ1) is 17.0. The van der Waals surface area contributed by atoms with E-state index in [-0.39, 0.29) is 17.4 Å². The molecule has 3 nitrogen and oxygen atoms in total. The highest BCUT2D eigenvalue weighted by Gasteiger charge is 2.47. The molecule has 0 atom stereocenters. The third kappa shape index (κ3) is 3.02. The van der Waals surface area contributed by atoms with Crippen LogP contribution in [0.2, 0.25) is 0 Å². The van der Waals surface area contributed by atoms with Gasteiger partial charge in [-0.1, -0.05) is 41.5 Å². The van der Waals surface area contributed by atoms with E-state index in [1.54, 1.807) is 0 Å². The summed E-state index contributed by atoms with van der Waals surface area (Å²) in [6.45, 7) is 17.9. The second-order valence-corrected chi connectivity index (χ2v) is 12.7. The van der Waals surface area contributed by atoms with Crippen LogP contribution in [-0.2, 0) is 17.4 Å². The molecule has 2 aromatic heterocycles. The van der Waals surface area contributed by atoms with E-state index in [1.165, 1.54) is 33.2 Å². The number of fused-ring (bicyclic) bond motifs is 7. The van der Waals surface area contributed by atoms with Crippen molar-refractivity contribution in [2.24, 2.45) is 11.8 Å². The molecule has 3 heteroatoms. The van der Waals surface area contributed by atoms with E-state index >= 15 is 0 Å². The molecule has 2 heterocycles. The van der Waals surface area contributed by atoms with E-state index in [1.807, 2.05) is 6.92 Å². The zero-order valence-electron chi connectivity index (χ0n) is 22.9. The van der Waals surface area contributed by atoms with Gasteiger partial charge in [-0.05, 0) is 96.3 Å². The first-order valence-corrected chi connectivity index (χ1v) is 13.5. The molecule has 6 rings (SSSR count).